The van der Waals surface area contributed by atoms with Crippen molar-refractivity contribution in [2.45, 2.75) is 0 Å². The summed E-state index contributed by atoms with van der Waals surface area (Å²) in [6.07, 6.45) is 4.10. The number of nitrogens with one attached hydrogen (secondary N) is 1. The van der Waals surface area contributed by atoms with Crippen LogP contribution < -0.4 is 21.6 Å². The van der Waals surface area contributed by atoms with Crippen molar-refractivity contribution < 1.29 is 0 Å². The maximum atomic E-state index is 5.96. The fourth-order valence-corrected chi connectivity index (χ4v) is 4.20. The van der Waals surface area contributed by atoms with E-state index in [1.807, 2.05) is 66.7 Å². The normalized spacial score (nSPS) is 11.4. The minimum atomic E-state index is 0.745. The molecule has 5 aromatic carbocycles. The summed E-state index contributed by atoms with van der Waals surface area (Å²) in [7, 11) is 0. The van der Waals surface area contributed by atoms with Gasteiger partial charge in [0.1, 0.15) is 0 Å². The van der Waals surface area contributed by atoms with Crippen molar-refractivity contribution >= 4 is 35.3 Å². The van der Waals surface area contributed by atoms with Gasteiger partial charge in [-0.2, -0.15) is 5.10 Å². The van der Waals surface area contributed by atoms with E-state index in [1.165, 1.54) is 0 Å². The summed E-state index contributed by atoms with van der Waals surface area (Å²) in [5.41, 5.74) is 17.2. The summed E-state index contributed by atoms with van der Waals surface area (Å²) in [4.78, 5) is 0. The van der Waals surface area contributed by atoms with Gasteiger partial charge in [0, 0.05) is 11.3 Å². The number of nitrogens with zero attached hydrogens (tertiary/aromatic N) is 1. The molecule has 3 nitrogen and oxygen atoms in total. The number of nitrogen functional groups attached to an aromatic ring is 1. The zero-order valence-electron chi connectivity index (χ0n) is 21.1. The highest BCUT2D eigenvalue weighted by Gasteiger charge is 2.07. The Kier molecular flexibility index (Phi) is 7.57. The summed E-state index contributed by atoms with van der Waals surface area (Å²) < 4.78 is 0. The predicted octanol–water partition coefficient (Wildman–Crippen LogP) is 6.46. The van der Waals surface area contributed by atoms with Crippen LogP contribution in [0.1, 0.15) is 22.3 Å². The molecular formula is C35H29N3. The van der Waals surface area contributed by atoms with Crippen LogP contribution in [-0.4, -0.2) is 5.71 Å². The molecule has 5 rings (SSSR count). The van der Waals surface area contributed by atoms with Crippen LogP contribution in [0, 0.1) is 0 Å². The van der Waals surface area contributed by atoms with Gasteiger partial charge in [-0.05, 0) is 63.0 Å². The SMILES string of the molecule is C=c1ccc(=C(c2ccc(N)cc2)c2ccc(NN=C(C=Cc3ccccc3)c3ccccc3)cc2)cc1. The highest BCUT2D eigenvalue weighted by atomic mass is 15.3. The van der Waals surface area contributed by atoms with E-state index in [0.29, 0.717) is 0 Å². The van der Waals surface area contributed by atoms with E-state index in [9.17, 15) is 0 Å². The van der Waals surface area contributed by atoms with Gasteiger partial charge < -0.3 is 5.73 Å². The van der Waals surface area contributed by atoms with Crippen molar-refractivity contribution in [3.63, 3.8) is 0 Å². The van der Waals surface area contributed by atoms with E-state index in [0.717, 1.165) is 55.4 Å². The van der Waals surface area contributed by atoms with Crippen molar-refractivity contribution in [3.8, 4) is 0 Å². The molecule has 184 valence electrons. The van der Waals surface area contributed by atoms with Gasteiger partial charge >= 0.3 is 0 Å². The molecule has 0 saturated heterocycles. The Hall–Kier alpha value is -5.15. The number of hydrogen-bond acceptors (Lipinski definition) is 3. The first-order valence-electron chi connectivity index (χ1n) is 12.5. The van der Waals surface area contributed by atoms with Gasteiger partial charge in [-0.3, -0.25) is 5.43 Å². The Labute approximate surface area is 223 Å². The van der Waals surface area contributed by atoms with Crippen molar-refractivity contribution in [2.24, 2.45) is 5.10 Å². The molecule has 0 unspecified atom stereocenters. The molecule has 38 heavy (non-hydrogen) atoms. The minimum absolute atomic E-state index is 0.745. The summed E-state index contributed by atoms with van der Waals surface area (Å²) in [5.74, 6) is 0. The number of hydrazone groups is 1. The fourth-order valence-electron chi connectivity index (χ4n) is 4.20. The number of nitrogens with two attached hydrogens (primary N) is 1. The lowest BCUT2D eigenvalue weighted by atomic mass is 9.95. The van der Waals surface area contributed by atoms with Crippen LogP contribution in [-0.2, 0) is 0 Å². The molecule has 0 spiro atoms. The third-order valence-corrected chi connectivity index (χ3v) is 6.22. The molecule has 0 heterocycles. The number of rotatable bonds is 7. The lowest BCUT2D eigenvalue weighted by Crippen LogP contribution is -2.11. The summed E-state index contributed by atoms with van der Waals surface area (Å²) in [6, 6.07) is 45.0. The molecule has 0 aliphatic rings. The van der Waals surface area contributed by atoms with Gasteiger partial charge in [0.25, 0.3) is 0 Å². The van der Waals surface area contributed by atoms with Crippen LogP contribution in [0.5, 0.6) is 0 Å². The lowest BCUT2D eigenvalue weighted by molar-refractivity contribution is 1.33. The Balaban J connectivity index is 1.46. The number of hydrogen-bond donors (Lipinski definition) is 2. The summed E-state index contributed by atoms with van der Waals surface area (Å²) in [5, 5.41) is 6.85. The van der Waals surface area contributed by atoms with Crippen LogP contribution >= 0.6 is 0 Å². The molecular weight excluding hydrogens is 462 g/mol. The summed E-state index contributed by atoms with van der Waals surface area (Å²) >= 11 is 0. The lowest BCUT2D eigenvalue weighted by Gasteiger charge is -2.11. The molecule has 3 N–H and O–H groups in total. The highest BCUT2D eigenvalue weighted by molar-refractivity contribution is 6.11. The molecule has 5 aromatic rings. The third-order valence-electron chi connectivity index (χ3n) is 6.22. The first-order chi connectivity index (χ1) is 18.7. The third kappa shape index (κ3) is 6.15. The Morgan fingerprint density at radius 1 is 0.632 bits per heavy atom. The highest BCUT2D eigenvalue weighted by Crippen LogP contribution is 2.23. The van der Waals surface area contributed by atoms with Gasteiger partial charge in [-0.15, -0.1) is 0 Å². The van der Waals surface area contributed by atoms with Crippen molar-refractivity contribution in [2.75, 3.05) is 11.2 Å². The van der Waals surface area contributed by atoms with Crippen molar-refractivity contribution in [1.29, 1.82) is 0 Å². The number of anilines is 2. The van der Waals surface area contributed by atoms with E-state index in [-0.39, 0.29) is 0 Å². The maximum Gasteiger partial charge on any atom is 0.0905 e. The van der Waals surface area contributed by atoms with Gasteiger partial charge in [0.15, 0.2) is 0 Å². The van der Waals surface area contributed by atoms with Gasteiger partial charge in [-0.1, -0.05) is 122 Å². The van der Waals surface area contributed by atoms with Crippen molar-refractivity contribution in [1.82, 2.24) is 0 Å². The second kappa shape index (κ2) is 11.7. The predicted molar refractivity (Wildman–Crippen MR) is 162 cm³/mol. The zero-order chi connectivity index (χ0) is 26.2. The van der Waals surface area contributed by atoms with Crippen LogP contribution in [0.3, 0.4) is 0 Å². The molecule has 0 aliphatic heterocycles. The van der Waals surface area contributed by atoms with Crippen LogP contribution in [0.15, 0.2) is 145 Å². The van der Waals surface area contributed by atoms with Crippen LogP contribution in [0.2, 0.25) is 0 Å². The summed E-state index contributed by atoms with van der Waals surface area (Å²) in [6.45, 7) is 4.03. The van der Waals surface area contributed by atoms with E-state index in [4.69, 9.17) is 10.8 Å². The van der Waals surface area contributed by atoms with Gasteiger partial charge in [0.05, 0.1) is 11.4 Å². The second-order valence-electron chi connectivity index (χ2n) is 8.99. The van der Waals surface area contributed by atoms with E-state index in [1.54, 1.807) is 0 Å². The molecule has 0 aromatic heterocycles. The van der Waals surface area contributed by atoms with Gasteiger partial charge in [0.2, 0.25) is 0 Å². The number of allylic oxidation sites excluding steroid dienone is 1. The standard InChI is InChI=1S/C35H29N3/c1-26-12-15-29(16-13-26)35(30-17-21-32(36)22-18-30)31-19-23-33(24-20-31)37-38-34(28-10-6-3-7-11-28)25-14-27-8-4-2-5-9-27/h2-25,37H,1,36H2. The average molecular weight is 492 g/mol. The Morgan fingerprint density at radius 2 is 1.21 bits per heavy atom. The molecule has 0 amide bonds. The van der Waals surface area contributed by atoms with E-state index < -0.39 is 0 Å². The van der Waals surface area contributed by atoms with Crippen LogP contribution in [0.25, 0.3) is 18.2 Å². The molecule has 0 aliphatic carbocycles. The quantitative estimate of drug-likeness (QED) is 0.156. The molecule has 0 atom stereocenters. The van der Waals surface area contributed by atoms with E-state index in [2.05, 4.69) is 90.9 Å². The van der Waals surface area contributed by atoms with E-state index >= 15 is 0 Å². The second-order valence-corrected chi connectivity index (χ2v) is 8.99. The van der Waals surface area contributed by atoms with Gasteiger partial charge in [-0.25, -0.2) is 0 Å². The average Bonchev–Trinajstić information content (AvgIpc) is 2.97. The topological polar surface area (TPSA) is 50.4 Å². The van der Waals surface area contributed by atoms with Crippen molar-refractivity contribution in [3.05, 3.63) is 172 Å². The first-order valence-corrected chi connectivity index (χ1v) is 12.5. The Bertz CT molecular complexity index is 1640. The first kappa shape index (κ1) is 24.5. The Morgan fingerprint density at radius 3 is 1.84 bits per heavy atom. The smallest absolute Gasteiger partial charge is 0.0905 e. The largest absolute Gasteiger partial charge is 0.399 e. The van der Waals surface area contributed by atoms with Crippen LogP contribution in [0.4, 0.5) is 11.4 Å². The molecule has 0 fully saturated rings. The maximum absolute atomic E-state index is 5.96. The molecule has 0 bridgehead atoms. The monoisotopic (exact) mass is 491 g/mol. The fraction of sp³-hybridized carbons (Fsp3) is 0. The molecule has 0 radical (unpaired) electrons. The number of benzene rings is 5. The molecule has 3 heteroatoms. The minimum Gasteiger partial charge on any atom is -0.399 e. The zero-order valence-corrected chi connectivity index (χ0v) is 21.1. The molecule has 0 saturated carbocycles.